The minimum absolute atomic E-state index is 0.207. The normalized spacial score (nSPS) is 10.6. The number of hydrogen-bond donors (Lipinski definition) is 2. The van der Waals surface area contributed by atoms with Gasteiger partial charge in [-0.2, -0.15) is 0 Å². The molecule has 0 aliphatic rings. The molecule has 0 saturated heterocycles. The zero-order valence-electron chi connectivity index (χ0n) is 9.11. The van der Waals surface area contributed by atoms with Gasteiger partial charge in [-0.1, -0.05) is 31.9 Å². The molecule has 0 fully saturated rings. The molecule has 1 aromatic heterocycles. The van der Waals surface area contributed by atoms with Crippen molar-refractivity contribution in [2.45, 2.75) is 10.6 Å². The second kappa shape index (κ2) is 5.90. The predicted molar refractivity (Wildman–Crippen MR) is 80.7 cm³/mol. The number of H-pyrrole nitrogens is 1. The lowest BCUT2D eigenvalue weighted by Crippen LogP contribution is -2.12. The number of nitrogens with one attached hydrogen (secondary N) is 1. The van der Waals surface area contributed by atoms with Gasteiger partial charge in [-0.05, 0) is 23.8 Å². The van der Waals surface area contributed by atoms with E-state index in [-0.39, 0.29) is 11.4 Å². The predicted octanol–water partition coefficient (Wildman–Crippen LogP) is 3.17. The van der Waals surface area contributed by atoms with Crippen molar-refractivity contribution in [3.05, 3.63) is 49.4 Å². The Bertz CT molecular complexity index is 610. The van der Waals surface area contributed by atoms with Crippen LogP contribution in [0.4, 0.5) is 5.82 Å². The number of nitrogens with zero attached hydrogens (tertiary/aromatic N) is 1. The van der Waals surface area contributed by atoms with Gasteiger partial charge >= 0.3 is 0 Å². The van der Waals surface area contributed by atoms with Gasteiger partial charge in [-0.25, -0.2) is 4.98 Å². The molecule has 0 radical (unpaired) electrons. The quantitative estimate of drug-likeness (QED) is 0.789. The van der Waals surface area contributed by atoms with Crippen LogP contribution in [0.25, 0.3) is 0 Å². The highest BCUT2D eigenvalue weighted by Gasteiger charge is 2.07. The van der Waals surface area contributed by atoms with E-state index in [1.807, 2.05) is 18.2 Å². The first-order valence-electron chi connectivity index (χ1n) is 4.97. The second-order valence-corrected chi connectivity index (χ2v) is 6.33. The number of benzene rings is 1. The van der Waals surface area contributed by atoms with Crippen molar-refractivity contribution in [2.24, 2.45) is 0 Å². The van der Waals surface area contributed by atoms with Crippen LogP contribution in [0.15, 0.2) is 43.2 Å². The Labute approximate surface area is 125 Å². The summed E-state index contributed by atoms with van der Waals surface area (Å²) in [6, 6.07) is 5.95. The number of aromatic amines is 1. The lowest BCUT2D eigenvalue weighted by Gasteiger charge is -2.04. The fourth-order valence-electron chi connectivity index (χ4n) is 1.39. The highest BCUT2D eigenvalue weighted by atomic mass is 79.9. The monoisotopic (exact) mass is 389 g/mol. The van der Waals surface area contributed by atoms with Crippen molar-refractivity contribution in [2.75, 3.05) is 5.73 Å². The molecule has 7 heteroatoms. The zero-order chi connectivity index (χ0) is 13.1. The van der Waals surface area contributed by atoms with Crippen molar-refractivity contribution < 1.29 is 0 Å². The molecule has 0 bridgehead atoms. The number of nitrogens with two attached hydrogens (primary N) is 1. The first-order valence-corrected chi connectivity index (χ1v) is 7.54. The van der Waals surface area contributed by atoms with Crippen LogP contribution in [-0.2, 0) is 5.75 Å². The summed E-state index contributed by atoms with van der Waals surface area (Å²) < 4.78 is 1.97. The van der Waals surface area contributed by atoms with Crippen LogP contribution in [0.1, 0.15) is 5.56 Å². The molecule has 1 aromatic carbocycles. The van der Waals surface area contributed by atoms with Crippen LogP contribution in [0.3, 0.4) is 0 Å². The molecule has 94 valence electrons. The van der Waals surface area contributed by atoms with Crippen LogP contribution in [0.5, 0.6) is 0 Å². The zero-order valence-corrected chi connectivity index (χ0v) is 13.1. The smallest absolute Gasteiger partial charge is 0.266 e. The Morgan fingerprint density at radius 3 is 2.56 bits per heavy atom. The molecule has 0 amide bonds. The number of anilines is 1. The van der Waals surface area contributed by atoms with Gasteiger partial charge in [-0.3, -0.25) is 4.79 Å². The SMILES string of the molecule is Nc1nc[nH]c(=O)c1SCc1cc(Br)cc(Br)c1. The summed E-state index contributed by atoms with van der Waals surface area (Å²) in [6.07, 6.45) is 1.30. The third kappa shape index (κ3) is 3.37. The standard InChI is InChI=1S/C11H9Br2N3OS/c12-7-1-6(2-8(13)3-7)4-18-9-10(14)15-5-16-11(9)17/h1-3,5H,4H2,(H3,14,15,16,17). The summed E-state index contributed by atoms with van der Waals surface area (Å²) in [5.74, 6) is 0.912. The van der Waals surface area contributed by atoms with E-state index in [1.165, 1.54) is 18.1 Å². The van der Waals surface area contributed by atoms with Crippen molar-refractivity contribution in [1.82, 2.24) is 9.97 Å². The maximum Gasteiger partial charge on any atom is 0.266 e. The van der Waals surface area contributed by atoms with Crippen LogP contribution in [-0.4, -0.2) is 9.97 Å². The van der Waals surface area contributed by atoms with Crippen LogP contribution in [0.2, 0.25) is 0 Å². The maximum atomic E-state index is 11.6. The summed E-state index contributed by atoms with van der Waals surface area (Å²) >= 11 is 8.22. The Balaban J connectivity index is 2.19. The van der Waals surface area contributed by atoms with Crippen molar-refractivity contribution in [1.29, 1.82) is 0 Å². The van der Waals surface area contributed by atoms with Crippen LogP contribution >= 0.6 is 43.6 Å². The van der Waals surface area contributed by atoms with E-state index in [1.54, 1.807) is 0 Å². The first-order chi connectivity index (χ1) is 8.56. The van der Waals surface area contributed by atoms with Gasteiger partial charge in [0, 0.05) is 14.7 Å². The minimum Gasteiger partial charge on any atom is -0.383 e. The Morgan fingerprint density at radius 2 is 1.94 bits per heavy atom. The molecular formula is C11H9Br2N3OS. The van der Waals surface area contributed by atoms with Gasteiger partial charge < -0.3 is 10.7 Å². The molecule has 0 saturated carbocycles. The van der Waals surface area contributed by atoms with E-state index in [4.69, 9.17) is 5.73 Å². The number of halogens is 2. The number of nitrogen functional groups attached to an aromatic ring is 1. The molecule has 1 heterocycles. The summed E-state index contributed by atoms with van der Waals surface area (Å²) in [4.78, 5) is 18.4. The summed E-state index contributed by atoms with van der Waals surface area (Å²) in [6.45, 7) is 0. The Kier molecular flexibility index (Phi) is 4.47. The average Bonchev–Trinajstić information content (AvgIpc) is 2.27. The van der Waals surface area contributed by atoms with Crippen molar-refractivity contribution in [3.8, 4) is 0 Å². The average molecular weight is 391 g/mol. The Hall–Kier alpha value is -0.790. The fraction of sp³-hybridized carbons (Fsp3) is 0.0909. The van der Waals surface area contributed by atoms with E-state index in [0.717, 1.165) is 14.5 Å². The van der Waals surface area contributed by atoms with E-state index >= 15 is 0 Å². The molecule has 4 nitrogen and oxygen atoms in total. The highest BCUT2D eigenvalue weighted by Crippen LogP contribution is 2.27. The summed E-state index contributed by atoms with van der Waals surface area (Å²) in [5.41, 5.74) is 6.55. The number of aromatic nitrogens is 2. The number of rotatable bonds is 3. The minimum atomic E-state index is -0.207. The molecule has 2 rings (SSSR count). The number of hydrogen-bond acceptors (Lipinski definition) is 4. The summed E-state index contributed by atoms with van der Waals surface area (Å²) in [7, 11) is 0. The molecule has 0 spiro atoms. The van der Waals surface area contributed by atoms with Crippen molar-refractivity contribution in [3.63, 3.8) is 0 Å². The topological polar surface area (TPSA) is 71.8 Å². The Morgan fingerprint density at radius 1 is 1.28 bits per heavy atom. The van der Waals surface area contributed by atoms with E-state index in [9.17, 15) is 4.79 Å². The van der Waals surface area contributed by atoms with Gasteiger partial charge in [0.2, 0.25) is 0 Å². The third-order valence-corrected chi connectivity index (χ3v) is 4.22. The molecule has 0 unspecified atom stereocenters. The van der Waals surface area contributed by atoms with Crippen LogP contribution in [0, 0.1) is 0 Å². The molecule has 0 aliphatic carbocycles. The molecule has 0 atom stereocenters. The van der Waals surface area contributed by atoms with Gasteiger partial charge in [0.05, 0.1) is 6.33 Å². The third-order valence-electron chi connectivity index (χ3n) is 2.14. The maximum absolute atomic E-state index is 11.6. The van der Waals surface area contributed by atoms with E-state index in [2.05, 4.69) is 41.8 Å². The molecule has 0 aliphatic heterocycles. The number of thioether (sulfide) groups is 1. The molecule has 2 aromatic rings. The van der Waals surface area contributed by atoms with E-state index in [0.29, 0.717) is 10.6 Å². The highest BCUT2D eigenvalue weighted by molar-refractivity contribution is 9.11. The second-order valence-electron chi connectivity index (χ2n) is 3.51. The largest absolute Gasteiger partial charge is 0.383 e. The molecule has 3 N–H and O–H groups in total. The summed E-state index contributed by atoms with van der Waals surface area (Å²) in [5, 5.41) is 0. The van der Waals surface area contributed by atoms with E-state index < -0.39 is 0 Å². The molecule has 18 heavy (non-hydrogen) atoms. The van der Waals surface area contributed by atoms with Gasteiger partial charge in [0.1, 0.15) is 10.7 Å². The van der Waals surface area contributed by atoms with Gasteiger partial charge in [0.25, 0.3) is 5.56 Å². The van der Waals surface area contributed by atoms with Crippen LogP contribution < -0.4 is 11.3 Å². The fourth-order valence-corrected chi connectivity index (χ4v) is 3.65. The lowest BCUT2D eigenvalue weighted by molar-refractivity contribution is 1.05. The lowest BCUT2D eigenvalue weighted by atomic mass is 10.2. The molecular weight excluding hydrogens is 382 g/mol. The van der Waals surface area contributed by atoms with Gasteiger partial charge in [-0.15, -0.1) is 11.8 Å². The van der Waals surface area contributed by atoms with Crippen molar-refractivity contribution >= 4 is 49.4 Å². The first kappa shape index (κ1) is 13.6. The van der Waals surface area contributed by atoms with Gasteiger partial charge in [0.15, 0.2) is 0 Å².